The summed E-state index contributed by atoms with van der Waals surface area (Å²) in [6, 6.07) is 5.63. The van der Waals surface area contributed by atoms with E-state index in [2.05, 4.69) is 17.2 Å². The summed E-state index contributed by atoms with van der Waals surface area (Å²) < 4.78 is 5.63. The van der Waals surface area contributed by atoms with E-state index in [1.54, 1.807) is 6.07 Å². The van der Waals surface area contributed by atoms with E-state index < -0.39 is 0 Å². The van der Waals surface area contributed by atoms with Crippen molar-refractivity contribution < 1.29 is 4.42 Å². The number of rotatable bonds is 3. The van der Waals surface area contributed by atoms with Gasteiger partial charge in [0.1, 0.15) is 5.52 Å². The van der Waals surface area contributed by atoms with E-state index in [1.807, 2.05) is 19.2 Å². The van der Waals surface area contributed by atoms with Crippen molar-refractivity contribution in [1.29, 1.82) is 0 Å². The van der Waals surface area contributed by atoms with E-state index in [9.17, 15) is 0 Å². The van der Waals surface area contributed by atoms with Gasteiger partial charge in [0.25, 0.3) is 0 Å². The minimum Gasteiger partial charge on any atom is -0.439 e. The monoisotopic (exact) mass is 224 g/mol. The molecule has 3 nitrogen and oxygen atoms in total. The maximum Gasteiger partial charge on any atom is 0.212 e. The second-order valence-electron chi connectivity index (χ2n) is 3.41. The van der Waals surface area contributed by atoms with Crippen molar-refractivity contribution in [3.05, 3.63) is 29.1 Å². The molecule has 0 fully saturated rings. The molecule has 1 unspecified atom stereocenters. The molecule has 0 aliphatic carbocycles. The van der Waals surface area contributed by atoms with Crippen molar-refractivity contribution in [1.82, 2.24) is 10.3 Å². The molecule has 1 aromatic carbocycles. The molecule has 1 N–H and O–H groups in total. The number of nitrogens with one attached hydrogen (secondary N) is 1. The summed E-state index contributed by atoms with van der Waals surface area (Å²) in [5.74, 6) is 0.720. The minimum absolute atomic E-state index is 0.163. The molecule has 0 radical (unpaired) electrons. The first-order valence-electron chi connectivity index (χ1n) is 4.98. The van der Waals surface area contributed by atoms with E-state index in [0.29, 0.717) is 5.02 Å². The fourth-order valence-corrected chi connectivity index (χ4v) is 1.73. The van der Waals surface area contributed by atoms with Crippen LogP contribution in [-0.4, -0.2) is 12.0 Å². The largest absolute Gasteiger partial charge is 0.439 e. The van der Waals surface area contributed by atoms with Crippen molar-refractivity contribution in [2.45, 2.75) is 19.4 Å². The van der Waals surface area contributed by atoms with Gasteiger partial charge in [0.05, 0.1) is 6.04 Å². The Hall–Kier alpha value is -1.06. The Morgan fingerprint density at radius 1 is 1.53 bits per heavy atom. The molecule has 0 bridgehead atoms. The molecule has 1 atom stereocenters. The van der Waals surface area contributed by atoms with Crippen LogP contribution in [0.5, 0.6) is 0 Å². The Labute approximate surface area is 93.4 Å². The van der Waals surface area contributed by atoms with Gasteiger partial charge in [-0.15, -0.1) is 0 Å². The summed E-state index contributed by atoms with van der Waals surface area (Å²) in [7, 11) is 1.90. The van der Waals surface area contributed by atoms with Gasteiger partial charge in [-0.25, -0.2) is 4.98 Å². The van der Waals surface area contributed by atoms with Crippen molar-refractivity contribution in [3.8, 4) is 0 Å². The van der Waals surface area contributed by atoms with Crippen molar-refractivity contribution in [2.24, 2.45) is 0 Å². The summed E-state index contributed by atoms with van der Waals surface area (Å²) in [5.41, 5.74) is 1.59. The molecule has 0 spiro atoms. The Balaban J connectivity index is 2.46. The SMILES string of the molecule is CCC(NC)c1nc2ccc(Cl)cc2o1. The number of nitrogens with zero attached hydrogens (tertiary/aromatic N) is 1. The van der Waals surface area contributed by atoms with Gasteiger partial charge in [-0.1, -0.05) is 18.5 Å². The third kappa shape index (κ3) is 1.98. The van der Waals surface area contributed by atoms with Crippen molar-refractivity contribution >= 4 is 22.7 Å². The van der Waals surface area contributed by atoms with Crippen LogP contribution in [0.15, 0.2) is 22.6 Å². The van der Waals surface area contributed by atoms with Crippen LogP contribution in [0.4, 0.5) is 0 Å². The predicted octanol–water partition coefficient (Wildman–Crippen LogP) is 3.15. The third-order valence-corrected chi connectivity index (χ3v) is 2.66. The second kappa shape index (κ2) is 4.21. The first-order chi connectivity index (χ1) is 7.24. The maximum absolute atomic E-state index is 5.87. The summed E-state index contributed by atoms with van der Waals surface area (Å²) in [6.07, 6.45) is 0.942. The molecule has 0 amide bonds. The smallest absolute Gasteiger partial charge is 0.212 e. The number of oxazole rings is 1. The van der Waals surface area contributed by atoms with E-state index in [-0.39, 0.29) is 6.04 Å². The lowest BCUT2D eigenvalue weighted by molar-refractivity contribution is 0.427. The van der Waals surface area contributed by atoms with Gasteiger partial charge >= 0.3 is 0 Å². The zero-order valence-corrected chi connectivity index (χ0v) is 9.51. The highest BCUT2D eigenvalue weighted by Gasteiger charge is 2.14. The normalized spacial score (nSPS) is 13.3. The summed E-state index contributed by atoms with van der Waals surface area (Å²) >= 11 is 5.87. The van der Waals surface area contributed by atoms with Crippen molar-refractivity contribution in [2.75, 3.05) is 7.05 Å². The summed E-state index contributed by atoms with van der Waals surface area (Å²) in [6.45, 7) is 2.09. The highest BCUT2D eigenvalue weighted by Crippen LogP contribution is 2.24. The van der Waals surface area contributed by atoms with Crippen LogP contribution >= 0.6 is 11.6 Å². The highest BCUT2D eigenvalue weighted by molar-refractivity contribution is 6.31. The molecular weight excluding hydrogens is 212 g/mol. The average Bonchev–Trinajstić information content (AvgIpc) is 2.62. The molecule has 0 aliphatic heterocycles. The van der Waals surface area contributed by atoms with E-state index >= 15 is 0 Å². The number of hydrogen-bond acceptors (Lipinski definition) is 3. The van der Waals surface area contributed by atoms with Crippen molar-refractivity contribution in [3.63, 3.8) is 0 Å². The number of halogens is 1. The first kappa shape index (κ1) is 10.5. The van der Waals surface area contributed by atoms with Gasteiger partial charge in [0, 0.05) is 11.1 Å². The molecule has 0 saturated carbocycles. The van der Waals surface area contributed by atoms with Crippen LogP contribution < -0.4 is 5.32 Å². The lowest BCUT2D eigenvalue weighted by Gasteiger charge is -2.07. The Bertz CT molecular complexity index is 463. The lowest BCUT2D eigenvalue weighted by atomic mass is 10.2. The van der Waals surface area contributed by atoms with E-state index in [0.717, 1.165) is 23.4 Å². The molecule has 15 heavy (non-hydrogen) atoms. The lowest BCUT2D eigenvalue weighted by Crippen LogP contribution is -2.15. The van der Waals surface area contributed by atoms with Gasteiger partial charge in [-0.3, -0.25) is 0 Å². The molecule has 1 aromatic heterocycles. The first-order valence-corrected chi connectivity index (χ1v) is 5.35. The van der Waals surface area contributed by atoms with E-state index in [4.69, 9.17) is 16.0 Å². The van der Waals surface area contributed by atoms with Crippen LogP contribution in [-0.2, 0) is 0 Å². The predicted molar refractivity (Wildman–Crippen MR) is 61.1 cm³/mol. The molecule has 1 heterocycles. The third-order valence-electron chi connectivity index (χ3n) is 2.42. The van der Waals surface area contributed by atoms with Crippen LogP contribution in [0.3, 0.4) is 0 Å². The molecule has 0 aliphatic rings. The van der Waals surface area contributed by atoms with Crippen LogP contribution in [0.1, 0.15) is 25.3 Å². The highest BCUT2D eigenvalue weighted by atomic mass is 35.5. The summed E-state index contributed by atoms with van der Waals surface area (Å²) in [4.78, 5) is 4.41. The molecule has 80 valence electrons. The Morgan fingerprint density at radius 2 is 2.33 bits per heavy atom. The van der Waals surface area contributed by atoms with Gasteiger partial charge in [0.15, 0.2) is 5.58 Å². The van der Waals surface area contributed by atoms with Crippen LogP contribution in [0.2, 0.25) is 5.02 Å². The Kier molecular flexibility index (Phi) is 2.93. The van der Waals surface area contributed by atoms with E-state index in [1.165, 1.54) is 0 Å². The van der Waals surface area contributed by atoms with Gasteiger partial charge in [0.2, 0.25) is 5.89 Å². The number of aromatic nitrogens is 1. The van der Waals surface area contributed by atoms with Gasteiger partial charge in [-0.05, 0) is 25.6 Å². The quantitative estimate of drug-likeness (QED) is 0.871. The van der Waals surface area contributed by atoms with Gasteiger partial charge in [-0.2, -0.15) is 0 Å². The molecule has 2 rings (SSSR count). The number of hydrogen-bond donors (Lipinski definition) is 1. The molecule has 2 aromatic rings. The molecule has 0 saturated heterocycles. The van der Waals surface area contributed by atoms with Crippen LogP contribution in [0, 0.1) is 0 Å². The zero-order valence-electron chi connectivity index (χ0n) is 8.75. The van der Waals surface area contributed by atoms with Gasteiger partial charge < -0.3 is 9.73 Å². The molecular formula is C11H13ClN2O. The topological polar surface area (TPSA) is 38.1 Å². The number of fused-ring (bicyclic) bond motifs is 1. The zero-order chi connectivity index (χ0) is 10.8. The standard InChI is InChI=1S/C11H13ClN2O/c1-3-8(13-2)11-14-9-5-4-7(12)6-10(9)15-11/h4-6,8,13H,3H2,1-2H3. The maximum atomic E-state index is 5.87. The molecule has 4 heteroatoms. The fourth-order valence-electron chi connectivity index (χ4n) is 1.57. The Morgan fingerprint density at radius 3 is 3.00 bits per heavy atom. The average molecular weight is 225 g/mol. The number of benzene rings is 1. The fraction of sp³-hybridized carbons (Fsp3) is 0.364. The minimum atomic E-state index is 0.163. The second-order valence-corrected chi connectivity index (χ2v) is 3.85. The summed E-state index contributed by atoms with van der Waals surface area (Å²) in [5, 5.41) is 3.82. The van der Waals surface area contributed by atoms with Crippen LogP contribution in [0.25, 0.3) is 11.1 Å².